The van der Waals surface area contributed by atoms with Crippen LogP contribution in [-0.4, -0.2) is 19.1 Å². The largest absolute Gasteiger partial charge is 0.316 e. The number of nitrogens with one attached hydrogen (secondary N) is 2. The second-order valence-electron chi connectivity index (χ2n) is 4.73. The van der Waals surface area contributed by atoms with Crippen LogP contribution in [0.2, 0.25) is 0 Å². The average molecular weight is 202 g/mol. The molecule has 2 heteroatoms. The molecule has 2 N–H and O–H groups in total. The molecule has 3 atom stereocenters. The van der Waals surface area contributed by atoms with Gasteiger partial charge in [0.15, 0.2) is 0 Å². The predicted molar refractivity (Wildman–Crippen MR) is 61.7 cm³/mol. The van der Waals surface area contributed by atoms with Crippen LogP contribution in [0, 0.1) is 5.92 Å². The second kappa shape index (κ2) is 3.95. The molecule has 2 aliphatic rings. The lowest BCUT2D eigenvalue weighted by Crippen LogP contribution is -2.41. The molecule has 80 valence electrons. The monoisotopic (exact) mass is 202 g/mol. The molecule has 0 radical (unpaired) electrons. The van der Waals surface area contributed by atoms with E-state index in [4.69, 9.17) is 0 Å². The van der Waals surface area contributed by atoms with E-state index in [0.717, 1.165) is 12.0 Å². The summed E-state index contributed by atoms with van der Waals surface area (Å²) in [5.41, 5.74) is 1.45. The average Bonchev–Trinajstić information content (AvgIpc) is 2.74. The van der Waals surface area contributed by atoms with E-state index in [1.165, 1.54) is 31.5 Å². The normalized spacial score (nSPS) is 35.1. The quantitative estimate of drug-likeness (QED) is 0.724. The number of benzene rings is 1. The highest BCUT2D eigenvalue weighted by molar-refractivity contribution is 5.21. The molecule has 3 rings (SSSR count). The zero-order valence-electron chi connectivity index (χ0n) is 8.95. The Morgan fingerprint density at radius 3 is 2.80 bits per heavy atom. The Morgan fingerprint density at radius 2 is 2.00 bits per heavy atom. The molecule has 0 aliphatic carbocycles. The van der Waals surface area contributed by atoms with Gasteiger partial charge in [0.1, 0.15) is 0 Å². The summed E-state index contributed by atoms with van der Waals surface area (Å²) in [4.78, 5) is 0. The SMILES string of the molecule is c1ccc(C2CC3CNCCC3N2)cc1. The van der Waals surface area contributed by atoms with Crippen LogP contribution in [0.25, 0.3) is 0 Å². The number of hydrogen-bond acceptors (Lipinski definition) is 2. The first-order valence-corrected chi connectivity index (χ1v) is 5.95. The molecular formula is C13H18N2. The van der Waals surface area contributed by atoms with Crippen molar-refractivity contribution in [3.05, 3.63) is 35.9 Å². The van der Waals surface area contributed by atoms with E-state index < -0.39 is 0 Å². The van der Waals surface area contributed by atoms with Crippen molar-refractivity contribution < 1.29 is 0 Å². The Morgan fingerprint density at radius 1 is 1.13 bits per heavy atom. The van der Waals surface area contributed by atoms with Crippen LogP contribution in [0.15, 0.2) is 30.3 Å². The van der Waals surface area contributed by atoms with Crippen molar-refractivity contribution in [3.63, 3.8) is 0 Å². The molecule has 2 aliphatic heterocycles. The highest BCUT2D eigenvalue weighted by Crippen LogP contribution is 2.33. The molecule has 3 unspecified atom stereocenters. The van der Waals surface area contributed by atoms with Crippen LogP contribution in [0.1, 0.15) is 24.4 Å². The van der Waals surface area contributed by atoms with E-state index in [2.05, 4.69) is 41.0 Å². The van der Waals surface area contributed by atoms with Crippen LogP contribution in [0.4, 0.5) is 0 Å². The molecule has 2 fully saturated rings. The van der Waals surface area contributed by atoms with Crippen molar-refractivity contribution >= 4 is 0 Å². The third-order valence-electron chi connectivity index (χ3n) is 3.76. The van der Waals surface area contributed by atoms with Gasteiger partial charge in [0.05, 0.1) is 0 Å². The van der Waals surface area contributed by atoms with E-state index in [1.54, 1.807) is 0 Å². The van der Waals surface area contributed by atoms with Gasteiger partial charge in [-0.05, 0) is 37.4 Å². The van der Waals surface area contributed by atoms with Gasteiger partial charge >= 0.3 is 0 Å². The molecule has 0 amide bonds. The van der Waals surface area contributed by atoms with Gasteiger partial charge in [0.25, 0.3) is 0 Å². The van der Waals surface area contributed by atoms with Gasteiger partial charge < -0.3 is 10.6 Å². The maximum atomic E-state index is 3.77. The third-order valence-corrected chi connectivity index (χ3v) is 3.76. The molecule has 2 saturated heterocycles. The topological polar surface area (TPSA) is 24.1 Å². The first-order valence-electron chi connectivity index (χ1n) is 5.95. The van der Waals surface area contributed by atoms with Crippen molar-refractivity contribution in [1.82, 2.24) is 10.6 Å². The van der Waals surface area contributed by atoms with E-state index in [9.17, 15) is 0 Å². The van der Waals surface area contributed by atoms with Crippen LogP contribution < -0.4 is 10.6 Å². The summed E-state index contributed by atoms with van der Waals surface area (Å²) >= 11 is 0. The maximum absolute atomic E-state index is 3.77. The molecule has 1 aromatic rings. The standard InChI is InChI=1S/C13H18N2/c1-2-4-10(5-3-1)13-8-11-9-14-7-6-12(11)15-13/h1-5,11-15H,6-9H2. The first-order chi connectivity index (χ1) is 7.43. The van der Waals surface area contributed by atoms with Crippen molar-refractivity contribution in [3.8, 4) is 0 Å². The number of rotatable bonds is 1. The predicted octanol–water partition coefficient (Wildman–Crippen LogP) is 1.70. The summed E-state index contributed by atoms with van der Waals surface area (Å²) in [5.74, 6) is 0.837. The van der Waals surface area contributed by atoms with Crippen LogP contribution in [0.5, 0.6) is 0 Å². The lowest BCUT2D eigenvalue weighted by Gasteiger charge is -2.25. The van der Waals surface area contributed by atoms with Crippen LogP contribution >= 0.6 is 0 Å². The van der Waals surface area contributed by atoms with Gasteiger partial charge in [-0.1, -0.05) is 30.3 Å². The van der Waals surface area contributed by atoms with Crippen LogP contribution in [0.3, 0.4) is 0 Å². The Kier molecular flexibility index (Phi) is 2.47. The minimum absolute atomic E-state index is 0.584. The van der Waals surface area contributed by atoms with Gasteiger partial charge in [-0.2, -0.15) is 0 Å². The lowest BCUT2D eigenvalue weighted by atomic mass is 9.92. The van der Waals surface area contributed by atoms with Crippen molar-refractivity contribution in [2.24, 2.45) is 5.92 Å². The molecule has 0 bridgehead atoms. The van der Waals surface area contributed by atoms with Gasteiger partial charge in [-0.3, -0.25) is 0 Å². The minimum Gasteiger partial charge on any atom is -0.316 e. The van der Waals surface area contributed by atoms with Crippen LogP contribution in [-0.2, 0) is 0 Å². The fraction of sp³-hybridized carbons (Fsp3) is 0.538. The number of hydrogen-bond donors (Lipinski definition) is 2. The fourth-order valence-corrected chi connectivity index (χ4v) is 2.94. The molecule has 1 aromatic carbocycles. The summed E-state index contributed by atoms with van der Waals surface area (Å²) in [7, 11) is 0. The zero-order valence-corrected chi connectivity index (χ0v) is 8.95. The summed E-state index contributed by atoms with van der Waals surface area (Å²) in [6.45, 7) is 2.37. The number of piperidine rings is 1. The van der Waals surface area contributed by atoms with Crippen molar-refractivity contribution in [2.75, 3.05) is 13.1 Å². The van der Waals surface area contributed by atoms with E-state index in [1.807, 2.05) is 0 Å². The molecule has 2 nitrogen and oxygen atoms in total. The Labute approximate surface area is 91.1 Å². The first kappa shape index (κ1) is 9.37. The minimum atomic E-state index is 0.584. The molecule has 2 heterocycles. The van der Waals surface area contributed by atoms with Crippen molar-refractivity contribution in [1.29, 1.82) is 0 Å². The van der Waals surface area contributed by atoms with E-state index in [-0.39, 0.29) is 0 Å². The molecule has 0 saturated carbocycles. The summed E-state index contributed by atoms with van der Waals surface area (Å²) in [6, 6.07) is 12.2. The highest BCUT2D eigenvalue weighted by Gasteiger charge is 2.35. The Hall–Kier alpha value is -0.860. The van der Waals surface area contributed by atoms with E-state index >= 15 is 0 Å². The Bertz CT molecular complexity index is 309. The zero-order chi connectivity index (χ0) is 10.1. The van der Waals surface area contributed by atoms with Gasteiger partial charge in [0, 0.05) is 12.1 Å². The highest BCUT2D eigenvalue weighted by atomic mass is 15.0. The molecule has 0 aromatic heterocycles. The summed E-state index contributed by atoms with van der Waals surface area (Å²) < 4.78 is 0. The maximum Gasteiger partial charge on any atom is 0.0326 e. The van der Waals surface area contributed by atoms with Gasteiger partial charge in [-0.15, -0.1) is 0 Å². The van der Waals surface area contributed by atoms with Gasteiger partial charge in [-0.25, -0.2) is 0 Å². The fourth-order valence-electron chi connectivity index (χ4n) is 2.94. The molecular weight excluding hydrogens is 184 g/mol. The van der Waals surface area contributed by atoms with Crippen molar-refractivity contribution in [2.45, 2.75) is 24.9 Å². The number of fused-ring (bicyclic) bond motifs is 1. The smallest absolute Gasteiger partial charge is 0.0326 e. The van der Waals surface area contributed by atoms with E-state index in [0.29, 0.717) is 6.04 Å². The lowest BCUT2D eigenvalue weighted by molar-refractivity contribution is 0.344. The Balaban J connectivity index is 1.75. The molecule has 15 heavy (non-hydrogen) atoms. The second-order valence-corrected chi connectivity index (χ2v) is 4.73. The summed E-state index contributed by atoms with van der Waals surface area (Å²) in [5, 5.41) is 7.26. The summed E-state index contributed by atoms with van der Waals surface area (Å²) in [6.07, 6.45) is 2.58. The third kappa shape index (κ3) is 1.80. The molecule has 0 spiro atoms. The van der Waals surface area contributed by atoms with Gasteiger partial charge in [0.2, 0.25) is 0 Å².